The van der Waals surface area contributed by atoms with Gasteiger partial charge in [0.05, 0.1) is 7.11 Å². The maximum absolute atomic E-state index is 13.2. The first-order valence-electron chi connectivity index (χ1n) is 7.32. The molecule has 0 aromatic heterocycles. The molecular formula is C18H20FNO. The van der Waals surface area contributed by atoms with Crippen LogP contribution in [0.15, 0.2) is 42.5 Å². The van der Waals surface area contributed by atoms with Crippen molar-refractivity contribution in [2.75, 3.05) is 12.4 Å². The number of benzene rings is 2. The smallest absolute Gasteiger partial charge is 0.126 e. The molecule has 2 aromatic rings. The average molecular weight is 285 g/mol. The second kappa shape index (κ2) is 5.76. The van der Waals surface area contributed by atoms with Crippen LogP contribution in [0.25, 0.3) is 0 Å². The summed E-state index contributed by atoms with van der Waals surface area (Å²) in [5.41, 5.74) is 3.06. The van der Waals surface area contributed by atoms with Crippen molar-refractivity contribution >= 4 is 5.69 Å². The highest BCUT2D eigenvalue weighted by Gasteiger charge is 2.30. The molecule has 1 fully saturated rings. The molecule has 0 heterocycles. The third-order valence-corrected chi connectivity index (χ3v) is 4.25. The monoisotopic (exact) mass is 285 g/mol. The van der Waals surface area contributed by atoms with Gasteiger partial charge >= 0.3 is 0 Å². The summed E-state index contributed by atoms with van der Waals surface area (Å²) in [5.74, 6) is 1.36. The predicted molar refractivity (Wildman–Crippen MR) is 83.5 cm³/mol. The Morgan fingerprint density at radius 1 is 1.10 bits per heavy atom. The number of nitrogens with one attached hydrogen (secondary N) is 1. The fourth-order valence-electron chi connectivity index (χ4n) is 2.85. The van der Waals surface area contributed by atoms with Crippen LogP contribution in [0, 0.1) is 12.7 Å². The lowest BCUT2D eigenvalue weighted by molar-refractivity contribution is 0.373. The molecule has 2 aromatic carbocycles. The van der Waals surface area contributed by atoms with E-state index in [0.29, 0.717) is 17.5 Å². The Kier molecular flexibility index (Phi) is 3.82. The third-order valence-electron chi connectivity index (χ3n) is 4.25. The van der Waals surface area contributed by atoms with Crippen molar-refractivity contribution in [2.24, 2.45) is 0 Å². The molecule has 1 saturated carbocycles. The van der Waals surface area contributed by atoms with Gasteiger partial charge in [-0.2, -0.15) is 0 Å². The van der Waals surface area contributed by atoms with Crippen molar-refractivity contribution in [3.63, 3.8) is 0 Å². The molecule has 0 unspecified atom stereocenters. The number of anilines is 1. The highest BCUT2D eigenvalue weighted by atomic mass is 19.1. The van der Waals surface area contributed by atoms with E-state index in [-0.39, 0.29) is 5.82 Å². The Labute approximate surface area is 125 Å². The number of halogens is 1. The van der Waals surface area contributed by atoms with Crippen LogP contribution < -0.4 is 10.1 Å². The van der Waals surface area contributed by atoms with Crippen molar-refractivity contribution in [3.8, 4) is 5.75 Å². The van der Waals surface area contributed by atoms with Crippen LogP contribution in [0.4, 0.5) is 10.1 Å². The minimum absolute atomic E-state index is 0.148. The van der Waals surface area contributed by atoms with Crippen LogP contribution >= 0.6 is 0 Å². The maximum atomic E-state index is 13.2. The summed E-state index contributed by atoms with van der Waals surface area (Å²) in [6.07, 6.45) is 2.23. The van der Waals surface area contributed by atoms with Gasteiger partial charge in [0.25, 0.3) is 0 Å². The minimum atomic E-state index is -0.148. The first-order chi connectivity index (χ1) is 10.2. The lowest BCUT2D eigenvalue weighted by Crippen LogP contribution is -2.34. The van der Waals surface area contributed by atoms with Gasteiger partial charge < -0.3 is 10.1 Å². The van der Waals surface area contributed by atoms with E-state index < -0.39 is 0 Å². The number of aryl methyl sites for hydroxylation is 1. The lowest BCUT2D eigenvalue weighted by Gasteiger charge is -2.37. The predicted octanol–water partition coefficient (Wildman–Crippen LogP) is 4.50. The Morgan fingerprint density at radius 2 is 1.81 bits per heavy atom. The minimum Gasteiger partial charge on any atom is -0.497 e. The van der Waals surface area contributed by atoms with Gasteiger partial charge in [0.1, 0.15) is 11.6 Å². The van der Waals surface area contributed by atoms with Crippen LogP contribution in [0.5, 0.6) is 5.75 Å². The Balaban J connectivity index is 1.56. The van der Waals surface area contributed by atoms with Crippen LogP contribution in [0.3, 0.4) is 0 Å². The van der Waals surface area contributed by atoms with Crippen LogP contribution in [0.2, 0.25) is 0 Å². The van der Waals surface area contributed by atoms with Crippen molar-refractivity contribution in [3.05, 3.63) is 59.4 Å². The molecule has 0 atom stereocenters. The molecule has 21 heavy (non-hydrogen) atoms. The molecule has 0 aliphatic heterocycles. The molecule has 1 aliphatic carbocycles. The van der Waals surface area contributed by atoms with Gasteiger partial charge in [-0.25, -0.2) is 4.39 Å². The van der Waals surface area contributed by atoms with E-state index in [0.717, 1.165) is 24.3 Å². The standard InChI is InChI=1S/C18H20FNO/c1-12-9-15(5-8-18(12)19)20-16-10-14(11-16)13-3-6-17(21-2)7-4-13/h3-9,14,16,20H,10-11H2,1-2H3. The summed E-state index contributed by atoms with van der Waals surface area (Å²) >= 11 is 0. The first-order valence-corrected chi connectivity index (χ1v) is 7.32. The summed E-state index contributed by atoms with van der Waals surface area (Å²) in [7, 11) is 1.68. The average Bonchev–Trinajstić information content (AvgIpc) is 2.46. The zero-order valence-electron chi connectivity index (χ0n) is 12.4. The van der Waals surface area contributed by atoms with E-state index in [2.05, 4.69) is 17.4 Å². The fraction of sp³-hybridized carbons (Fsp3) is 0.333. The summed E-state index contributed by atoms with van der Waals surface area (Å²) in [6.45, 7) is 1.79. The topological polar surface area (TPSA) is 21.3 Å². The molecular weight excluding hydrogens is 265 g/mol. The number of ether oxygens (including phenoxy) is 1. The summed E-state index contributed by atoms with van der Waals surface area (Å²) in [4.78, 5) is 0. The highest BCUT2D eigenvalue weighted by molar-refractivity contribution is 5.47. The zero-order valence-corrected chi connectivity index (χ0v) is 12.4. The van der Waals surface area contributed by atoms with Gasteiger partial charge in [-0.15, -0.1) is 0 Å². The lowest BCUT2D eigenvalue weighted by atomic mass is 9.76. The number of rotatable bonds is 4. The van der Waals surface area contributed by atoms with E-state index in [9.17, 15) is 4.39 Å². The highest BCUT2D eigenvalue weighted by Crippen LogP contribution is 2.39. The zero-order chi connectivity index (χ0) is 14.8. The van der Waals surface area contributed by atoms with E-state index in [1.54, 1.807) is 14.0 Å². The van der Waals surface area contributed by atoms with Gasteiger partial charge in [0.2, 0.25) is 0 Å². The molecule has 0 radical (unpaired) electrons. The third kappa shape index (κ3) is 3.02. The summed E-state index contributed by atoms with van der Waals surface area (Å²) < 4.78 is 18.4. The van der Waals surface area contributed by atoms with E-state index in [1.165, 1.54) is 11.6 Å². The number of hydrogen-bond donors (Lipinski definition) is 1. The maximum Gasteiger partial charge on any atom is 0.126 e. The largest absolute Gasteiger partial charge is 0.497 e. The van der Waals surface area contributed by atoms with Gasteiger partial charge in [0, 0.05) is 11.7 Å². The summed E-state index contributed by atoms with van der Waals surface area (Å²) in [5, 5.41) is 3.48. The molecule has 1 N–H and O–H groups in total. The molecule has 0 saturated heterocycles. The molecule has 3 rings (SSSR count). The molecule has 0 amide bonds. The second-order valence-corrected chi connectivity index (χ2v) is 5.75. The molecule has 110 valence electrons. The van der Waals surface area contributed by atoms with Gasteiger partial charge in [-0.3, -0.25) is 0 Å². The van der Waals surface area contributed by atoms with Crippen LogP contribution in [-0.4, -0.2) is 13.2 Å². The molecule has 2 nitrogen and oxygen atoms in total. The van der Waals surface area contributed by atoms with Gasteiger partial charge in [-0.1, -0.05) is 12.1 Å². The molecule has 0 bridgehead atoms. The Hall–Kier alpha value is -2.03. The quantitative estimate of drug-likeness (QED) is 0.893. The number of methoxy groups -OCH3 is 1. The van der Waals surface area contributed by atoms with Crippen molar-refractivity contribution < 1.29 is 9.13 Å². The van der Waals surface area contributed by atoms with Gasteiger partial charge in [-0.05, 0) is 67.1 Å². The fourth-order valence-corrected chi connectivity index (χ4v) is 2.85. The normalized spacial score (nSPS) is 20.7. The number of hydrogen-bond acceptors (Lipinski definition) is 2. The SMILES string of the molecule is COc1ccc(C2CC(Nc3ccc(F)c(C)c3)C2)cc1. The van der Waals surface area contributed by atoms with Crippen molar-refractivity contribution in [2.45, 2.75) is 31.7 Å². The van der Waals surface area contributed by atoms with E-state index >= 15 is 0 Å². The first kappa shape index (κ1) is 13.9. The van der Waals surface area contributed by atoms with Crippen LogP contribution in [0.1, 0.15) is 29.9 Å². The molecule has 3 heteroatoms. The Morgan fingerprint density at radius 3 is 2.43 bits per heavy atom. The van der Waals surface area contributed by atoms with Crippen molar-refractivity contribution in [1.82, 2.24) is 0 Å². The van der Waals surface area contributed by atoms with Crippen molar-refractivity contribution in [1.29, 1.82) is 0 Å². The molecule has 1 aliphatic rings. The van der Waals surface area contributed by atoms with E-state index in [4.69, 9.17) is 4.74 Å². The van der Waals surface area contributed by atoms with Gasteiger partial charge in [0.15, 0.2) is 0 Å². The molecule has 0 spiro atoms. The Bertz CT molecular complexity index is 618. The van der Waals surface area contributed by atoms with E-state index in [1.807, 2.05) is 24.3 Å². The second-order valence-electron chi connectivity index (χ2n) is 5.75. The summed E-state index contributed by atoms with van der Waals surface area (Å²) in [6, 6.07) is 14.0. The van der Waals surface area contributed by atoms with Crippen LogP contribution in [-0.2, 0) is 0 Å².